The minimum atomic E-state index is -0.385. The van der Waals surface area contributed by atoms with Gasteiger partial charge in [-0.15, -0.1) is 0 Å². The van der Waals surface area contributed by atoms with Crippen molar-refractivity contribution in [1.29, 1.82) is 0 Å². The summed E-state index contributed by atoms with van der Waals surface area (Å²) in [4.78, 5) is 17.8. The maximum atomic E-state index is 12.6. The zero-order chi connectivity index (χ0) is 19.1. The molecule has 3 aromatic rings. The molecule has 4 nitrogen and oxygen atoms in total. The van der Waals surface area contributed by atoms with Crippen LogP contribution in [0.3, 0.4) is 0 Å². The quantitative estimate of drug-likeness (QED) is 0.531. The number of aromatic amines is 1. The Labute approximate surface area is 172 Å². The van der Waals surface area contributed by atoms with Crippen LogP contribution in [0.1, 0.15) is 29.8 Å². The van der Waals surface area contributed by atoms with Gasteiger partial charge in [0.25, 0.3) is 0 Å². The van der Waals surface area contributed by atoms with Gasteiger partial charge in [-0.1, -0.05) is 40.9 Å². The molecule has 0 fully saturated rings. The lowest BCUT2D eigenvalue weighted by molar-refractivity contribution is 0.0932. The van der Waals surface area contributed by atoms with Crippen molar-refractivity contribution in [3.05, 3.63) is 68.3 Å². The van der Waals surface area contributed by atoms with Crippen LogP contribution in [0.25, 0.3) is 10.9 Å². The van der Waals surface area contributed by atoms with Crippen molar-refractivity contribution in [2.45, 2.75) is 19.4 Å². The molecule has 4 rings (SSSR count). The Morgan fingerprint density at radius 1 is 1.19 bits per heavy atom. The fourth-order valence-corrected chi connectivity index (χ4v) is 4.39. The van der Waals surface area contributed by atoms with Gasteiger partial charge in [0.15, 0.2) is 0 Å². The number of H-pyrrole nitrogens is 1. The molecule has 1 atom stereocenters. The Hall–Kier alpha value is -1.88. The molecule has 1 amide bonds. The Morgan fingerprint density at radius 3 is 2.67 bits per heavy atom. The van der Waals surface area contributed by atoms with Gasteiger partial charge in [0.05, 0.1) is 6.61 Å². The number of amides is 1. The largest absolute Gasteiger partial charge is 0.450 e. The average molecular weight is 424 g/mol. The highest BCUT2D eigenvalue weighted by Crippen LogP contribution is 2.41. The first kappa shape index (κ1) is 18.5. The van der Waals surface area contributed by atoms with Gasteiger partial charge in [0, 0.05) is 38.2 Å². The third-order valence-corrected chi connectivity index (χ3v) is 5.65. The van der Waals surface area contributed by atoms with Gasteiger partial charge in [-0.25, -0.2) is 4.79 Å². The zero-order valence-corrected chi connectivity index (χ0v) is 16.8. The number of aromatic nitrogens is 1. The first-order valence-corrected chi connectivity index (χ1v) is 9.81. The van der Waals surface area contributed by atoms with Crippen LogP contribution in [0.2, 0.25) is 15.1 Å². The molecule has 0 bridgehead atoms. The summed E-state index contributed by atoms with van der Waals surface area (Å²) in [5.74, 6) is 0. The van der Waals surface area contributed by atoms with E-state index in [4.69, 9.17) is 39.5 Å². The second-order valence-electron chi connectivity index (χ2n) is 6.42. The van der Waals surface area contributed by atoms with E-state index in [-0.39, 0.29) is 12.1 Å². The molecule has 0 spiro atoms. The number of hydrogen-bond donors (Lipinski definition) is 1. The number of fused-ring (bicyclic) bond motifs is 3. The predicted octanol–water partition coefficient (Wildman–Crippen LogP) is 6.23. The van der Waals surface area contributed by atoms with E-state index in [0.717, 1.165) is 27.7 Å². The molecule has 1 aliphatic rings. The van der Waals surface area contributed by atoms with Crippen LogP contribution in [0.4, 0.5) is 4.79 Å². The number of rotatable bonds is 2. The van der Waals surface area contributed by atoms with E-state index >= 15 is 0 Å². The molecule has 0 aliphatic carbocycles. The van der Waals surface area contributed by atoms with E-state index in [1.165, 1.54) is 0 Å². The minimum Gasteiger partial charge on any atom is -0.450 e. The van der Waals surface area contributed by atoms with Gasteiger partial charge >= 0.3 is 6.09 Å². The van der Waals surface area contributed by atoms with Gasteiger partial charge in [-0.05, 0) is 54.8 Å². The van der Waals surface area contributed by atoms with Gasteiger partial charge in [0.2, 0.25) is 0 Å². The summed E-state index contributed by atoms with van der Waals surface area (Å²) < 4.78 is 5.29. The summed E-state index contributed by atoms with van der Waals surface area (Å²) in [5.41, 5.74) is 3.85. The van der Waals surface area contributed by atoms with E-state index in [1.54, 1.807) is 24.0 Å². The smallest absolute Gasteiger partial charge is 0.410 e. The Balaban J connectivity index is 1.92. The third kappa shape index (κ3) is 3.27. The van der Waals surface area contributed by atoms with E-state index in [1.807, 2.05) is 24.3 Å². The zero-order valence-electron chi connectivity index (χ0n) is 14.6. The van der Waals surface area contributed by atoms with Crippen LogP contribution < -0.4 is 0 Å². The highest BCUT2D eigenvalue weighted by Gasteiger charge is 2.36. The van der Waals surface area contributed by atoms with Crippen molar-refractivity contribution < 1.29 is 9.53 Å². The summed E-state index contributed by atoms with van der Waals surface area (Å²) in [5, 5.41) is 2.80. The molecule has 1 unspecified atom stereocenters. The first-order chi connectivity index (χ1) is 13.0. The highest BCUT2D eigenvalue weighted by molar-refractivity contribution is 6.35. The van der Waals surface area contributed by atoms with Crippen LogP contribution in [-0.2, 0) is 11.2 Å². The Bertz CT molecular complexity index is 1030. The SMILES string of the molecule is CCOC(=O)N1CCc2c([nH]c3ccc(Cl)cc23)C1c1ccc(Cl)cc1Cl. The number of halogens is 3. The lowest BCUT2D eigenvalue weighted by Gasteiger charge is -2.35. The number of ether oxygens (including phenoxy) is 1. The summed E-state index contributed by atoms with van der Waals surface area (Å²) in [7, 11) is 0. The maximum Gasteiger partial charge on any atom is 0.410 e. The highest BCUT2D eigenvalue weighted by atomic mass is 35.5. The van der Waals surface area contributed by atoms with Crippen molar-refractivity contribution in [3.63, 3.8) is 0 Å². The second-order valence-corrected chi connectivity index (χ2v) is 7.70. The average Bonchev–Trinajstić information content (AvgIpc) is 2.99. The Morgan fingerprint density at radius 2 is 1.93 bits per heavy atom. The monoisotopic (exact) mass is 422 g/mol. The van der Waals surface area contributed by atoms with E-state index in [2.05, 4.69) is 4.98 Å². The number of nitrogens with one attached hydrogen (secondary N) is 1. The molecule has 2 heterocycles. The summed E-state index contributed by atoms with van der Waals surface area (Å²) in [6.45, 7) is 2.63. The molecule has 1 aromatic heterocycles. The first-order valence-electron chi connectivity index (χ1n) is 8.68. The molecule has 140 valence electrons. The van der Waals surface area contributed by atoms with Gasteiger partial charge in [-0.2, -0.15) is 0 Å². The molecule has 27 heavy (non-hydrogen) atoms. The summed E-state index contributed by atoms with van der Waals surface area (Å²) in [6, 6.07) is 10.7. The van der Waals surface area contributed by atoms with E-state index in [9.17, 15) is 4.79 Å². The summed E-state index contributed by atoms with van der Waals surface area (Å²) in [6.07, 6.45) is 0.340. The molecule has 0 saturated heterocycles. The molecule has 2 aromatic carbocycles. The predicted molar refractivity (Wildman–Crippen MR) is 109 cm³/mol. The lowest BCUT2D eigenvalue weighted by Crippen LogP contribution is -2.41. The third-order valence-electron chi connectivity index (χ3n) is 4.85. The van der Waals surface area contributed by atoms with E-state index < -0.39 is 0 Å². The minimum absolute atomic E-state index is 0.311. The normalized spacial score (nSPS) is 16.4. The van der Waals surface area contributed by atoms with Crippen molar-refractivity contribution in [2.24, 2.45) is 0 Å². The van der Waals surface area contributed by atoms with Crippen LogP contribution in [0.15, 0.2) is 36.4 Å². The van der Waals surface area contributed by atoms with Crippen molar-refractivity contribution in [2.75, 3.05) is 13.2 Å². The van der Waals surface area contributed by atoms with Crippen molar-refractivity contribution in [1.82, 2.24) is 9.88 Å². The van der Waals surface area contributed by atoms with Crippen molar-refractivity contribution in [3.8, 4) is 0 Å². The van der Waals surface area contributed by atoms with Crippen LogP contribution in [0, 0.1) is 0 Å². The van der Waals surface area contributed by atoms with Gasteiger partial charge in [-0.3, -0.25) is 4.90 Å². The number of benzene rings is 2. The standard InChI is InChI=1S/C20H17Cl3N2O2/c1-2-27-20(26)25-8-7-13-15-9-11(21)4-6-17(15)24-18(13)19(25)14-5-3-12(22)10-16(14)23/h3-6,9-10,19,24H,2,7-8H2,1H3. The van der Waals surface area contributed by atoms with Crippen LogP contribution in [-0.4, -0.2) is 29.1 Å². The van der Waals surface area contributed by atoms with Crippen LogP contribution in [0.5, 0.6) is 0 Å². The molecular formula is C20H17Cl3N2O2. The maximum absolute atomic E-state index is 12.6. The molecule has 1 N–H and O–H groups in total. The van der Waals surface area contributed by atoms with Crippen LogP contribution >= 0.6 is 34.8 Å². The molecular weight excluding hydrogens is 407 g/mol. The topological polar surface area (TPSA) is 45.3 Å². The summed E-state index contributed by atoms with van der Waals surface area (Å²) >= 11 is 18.8. The van der Waals surface area contributed by atoms with E-state index in [0.29, 0.717) is 34.6 Å². The fourth-order valence-electron chi connectivity index (χ4n) is 3.71. The number of carbonyl (C=O) groups excluding carboxylic acids is 1. The fraction of sp³-hybridized carbons (Fsp3) is 0.250. The molecule has 0 radical (unpaired) electrons. The van der Waals surface area contributed by atoms with Gasteiger partial charge in [0.1, 0.15) is 6.04 Å². The molecule has 1 aliphatic heterocycles. The molecule has 0 saturated carbocycles. The second kappa shape index (κ2) is 7.27. The number of carbonyl (C=O) groups is 1. The molecule has 7 heteroatoms. The van der Waals surface area contributed by atoms with Crippen molar-refractivity contribution >= 4 is 51.8 Å². The number of hydrogen-bond acceptors (Lipinski definition) is 2. The van der Waals surface area contributed by atoms with Gasteiger partial charge < -0.3 is 9.72 Å². The number of nitrogens with zero attached hydrogens (tertiary/aromatic N) is 1. The lowest BCUT2D eigenvalue weighted by atomic mass is 9.92. The Kier molecular flexibility index (Phi) is 4.97.